The number of nitrogens with one attached hydrogen (secondary N) is 2. The Morgan fingerprint density at radius 2 is 2.05 bits per heavy atom. The van der Waals surface area contributed by atoms with Crippen molar-refractivity contribution in [2.75, 3.05) is 6.61 Å². The number of nitrogens with zero attached hydrogens (tertiary/aromatic N) is 2. The lowest BCUT2D eigenvalue weighted by Gasteiger charge is -2.15. The van der Waals surface area contributed by atoms with Crippen LogP contribution in [0.1, 0.15) is 35.5 Å². The first-order valence-corrected chi connectivity index (χ1v) is 6.83. The second-order valence-corrected chi connectivity index (χ2v) is 5.10. The Labute approximate surface area is 123 Å². The van der Waals surface area contributed by atoms with Crippen molar-refractivity contribution in [1.82, 2.24) is 20.5 Å². The van der Waals surface area contributed by atoms with Crippen LogP contribution in [0.15, 0.2) is 18.5 Å². The zero-order chi connectivity index (χ0) is 15.4. The third-order valence-electron chi connectivity index (χ3n) is 3.44. The van der Waals surface area contributed by atoms with Crippen LogP contribution in [0.25, 0.3) is 0 Å². The van der Waals surface area contributed by atoms with Crippen LogP contribution in [0.5, 0.6) is 5.75 Å². The van der Waals surface area contributed by atoms with Crippen molar-refractivity contribution in [2.45, 2.75) is 33.7 Å². The number of hydrogen-bond acceptors (Lipinski definition) is 4. The molecular formula is C15H20N4O2. The summed E-state index contributed by atoms with van der Waals surface area (Å²) in [4.78, 5) is 15.9. The van der Waals surface area contributed by atoms with Gasteiger partial charge < -0.3 is 10.1 Å². The normalized spacial score (nSPS) is 12.0. The number of aromatic nitrogens is 3. The van der Waals surface area contributed by atoms with Gasteiger partial charge >= 0.3 is 0 Å². The van der Waals surface area contributed by atoms with E-state index in [1.54, 1.807) is 0 Å². The Morgan fingerprint density at radius 1 is 1.33 bits per heavy atom. The molecule has 0 unspecified atom stereocenters. The van der Waals surface area contributed by atoms with Crippen molar-refractivity contribution in [2.24, 2.45) is 0 Å². The molecule has 0 saturated heterocycles. The Kier molecular flexibility index (Phi) is 4.57. The topological polar surface area (TPSA) is 79.9 Å². The molecule has 1 aromatic carbocycles. The van der Waals surface area contributed by atoms with Crippen LogP contribution in [0, 0.1) is 20.8 Å². The second kappa shape index (κ2) is 6.39. The van der Waals surface area contributed by atoms with Crippen molar-refractivity contribution in [3.05, 3.63) is 41.0 Å². The first-order valence-electron chi connectivity index (χ1n) is 6.83. The maximum atomic E-state index is 11.9. The fourth-order valence-corrected chi connectivity index (χ4v) is 2.06. The van der Waals surface area contributed by atoms with Gasteiger partial charge in [0, 0.05) is 0 Å². The van der Waals surface area contributed by atoms with Crippen LogP contribution in [0.4, 0.5) is 0 Å². The standard InChI is InChI=1S/C15H20N4O2/c1-9-5-6-10(2)14(11(9)3)21-7-13(20)18-12(4)15-16-8-17-19-15/h5-6,8,12H,7H2,1-4H3,(H,18,20)(H,16,17,19)/t12-/m0/s1. The van der Waals surface area contributed by atoms with E-state index in [4.69, 9.17) is 4.74 Å². The lowest BCUT2D eigenvalue weighted by molar-refractivity contribution is -0.123. The summed E-state index contributed by atoms with van der Waals surface area (Å²) in [6.45, 7) is 7.79. The molecule has 2 rings (SSSR count). The summed E-state index contributed by atoms with van der Waals surface area (Å²) in [6.07, 6.45) is 1.41. The van der Waals surface area contributed by atoms with Crippen molar-refractivity contribution in [1.29, 1.82) is 0 Å². The van der Waals surface area contributed by atoms with Gasteiger partial charge in [-0.1, -0.05) is 12.1 Å². The Morgan fingerprint density at radius 3 is 2.71 bits per heavy atom. The van der Waals surface area contributed by atoms with Crippen LogP contribution < -0.4 is 10.1 Å². The van der Waals surface area contributed by atoms with Gasteiger partial charge in [0.15, 0.2) is 6.61 Å². The fraction of sp³-hybridized carbons (Fsp3) is 0.400. The van der Waals surface area contributed by atoms with Gasteiger partial charge in [-0.15, -0.1) is 0 Å². The minimum absolute atomic E-state index is 0.0242. The molecule has 0 saturated carbocycles. The largest absolute Gasteiger partial charge is 0.483 e. The highest BCUT2D eigenvalue weighted by Gasteiger charge is 2.13. The predicted octanol–water partition coefficient (Wildman–Crippen LogP) is 1.99. The van der Waals surface area contributed by atoms with Gasteiger partial charge in [-0.05, 0) is 44.4 Å². The number of carbonyl (C=O) groups is 1. The molecule has 6 nitrogen and oxygen atoms in total. The molecule has 1 atom stereocenters. The van der Waals surface area contributed by atoms with Gasteiger partial charge in [-0.2, -0.15) is 5.10 Å². The van der Waals surface area contributed by atoms with E-state index < -0.39 is 0 Å². The number of aromatic amines is 1. The number of ether oxygens (including phenoxy) is 1. The number of amides is 1. The van der Waals surface area contributed by atoms with E-state index in [1.807, 2.05) is 39.8 Å². The van der Waals surface area contributed by atoms with E-state index >= 15 is 0 Å². The summed E-state index contributed by atoms with van der Waals surface area (Å²) in [5, 5.41) is 9.29. The fourth-order valence-electron chi connectivity index (χ4n) is 2.06. The molecule has 2 N–H and O–H groups in total. The molecule has 0 fully saturated rings. The molecule has 0 spiro atoms. The highest BCUT2D eigenvalue weighted by atomic mass is 16.5. The number of carbonyl (C=O) groups excluding carboxylic acids is 1. The van der Waals surface area contributed by atoms with Crippen molar-refractivity contribution in [3.8, 4) is 5.75 Å². The SMILES string of the molecule is Cc1ccc(C)c(OCC(=O)N[C@@H](C)c2ncn[nH]2)c1C. The van der Waals surface area contributed by atoms with E-state index in [2.05, 4.69) is 20.5 Å². The first-order chi connectivity index (χ1) is 9.99. The summed E-state index contributed by atoms with van der Waals surface area (Å²) < 4.78 is 5.67. The van der Waals surface area contributed by atoms with Crippen LogP contribution >= 0.6 is 0 Å². The van der Waals surface area contributed by atoms with E-state index in [9.17, 15) is 4.79 Å². The summed E-state index contributed by atoms with van der Waals surface area (Å²) in [7, 11) is 0. The maximum absolute atomic E-state index is 11.9. The highest BCUT2D eigenvalue weighted by molar-refractivity contribution is 5.78. The van der Waals surface area contributed by atoms with Crippen LogP contribution in [0.3, 0.4) is 0 Å². The van der Waals surface area contributed by atoms with Crippen LogP contribution in [-0.2, 0) is 4.79 Å². The van der Waals surface area contributed by atoms with E-state index in [-0.39, 0.29) is 18.6 Å². The average molecular weight is 288 g/mol. The molecule has 0 aliphatic heterocycles. The molecule has 0 aliphatic rings. The van der Waals surface area contributed by atoms with E-state index in [0.29, 0.717) is 5.82 Å². The number of benzene rings is 1. The molecule has 0 radical (unpaired) electrons. The molecule has 21 heavy (non-hydrogen) atoms. The highest BCUT2D eigenvalue weighted by Crippen LogP contribution is 2.25. The van der Waals surface area contributed by atoms with Gasteiger partial charge in [0.05, 0.1) is 6.04 Å². The van der Waals surface area contributed by atoms with Crippen molar-refractivity contribution in [3.63, 3.8) is 0 Å². The molecule has 2 aromatic rings. The molecule has 1 aromatic heterocycles. The van der Waals surface area contributed by atoms with Gasteiger partial charge in [0.1, 0.15) is 17.9 Å². The second-order valence-electron chi connectivity index (χ2n) is 5.10. The quantitative estimate of drug-likeness (QED) is 0.881. The lowest BCUT2D eigenvalue weighted by Crippen LogP contribution is -2.32. The molecule has 1 heterocycles. The third-order valence-corrected chi connectivity index (χ3v) is 3.44. The van der Waals surface area contributed by atoms with Crippen molar-refractivity contribution >= 4 is 5.91 Å². The average Bonchev–Trinajstić information content (AvgIpc) is 2.97. The monoisotopic (exact) mass is 288 g/mol. The van der Waals surface area contributed by atoms with Gasteiger partial charge in [-0.3, -0.25) is 9.89 Å². The van der Waals surface area contributed by atoms with Gasteiger partial charge in [0.25, 0.3) is 5.91 Å². The molecule has 112 valence electrons. The molecular weight excluding hydrogens is 268 g/mol. The van der Waals surface area contributed by atoms with Crippen LogP contribution in [-0.4, -0.2) is 27.7 Å². The van der Waals surface area contributed by atoms with Gasteiger partial charge in [0.2, 0.25) is 0 Å². The third kappa shape index (κ3) is 3.59. The van der Waals surface area contributed by atoms with E-state index in [0.717, 1.165) is 22.4 Å². The Balaban J connectivity index is 1.94. The van der Waals surface area contributed by atoms with Gasteiger partial charge in [-0.25, -0.2) is 4.98 Å². The molecule has 6 heteroatoms. The maximum Gasteiger partial charge on any atom is 0.258 e. The van der Waals surface area contributed by atoms with E-state index in [1.165, 1.54) is 6.33 Å². The zero-order valence-electron chi connectivity index (χ0n) is 12.7. The molecule has 0 bridgehead atoms. The summed E-state index contributed by atoms with van der Waals surface area (Å²) in [5.74, 6) is 1.20. The Hall–Kier alpha value is -2.37. The molecule has 1 amide bonds. The summed E-state index contributed by atoms with van der Waals surface area (Å²) >= 11 is 0. The number of rotatable bonds is 5. The zero-order valence-corrected chi connectivity index (χ0v) is 12.7. The minimum Gasteiger partial charge on any atom is -0.483 e. The first kappa shape index (κ1) is 15.0. The summed E-state index contributed by atoms with van der Waals surface area (Å²) in [6, 6.07) is 3.80. The predicted molar refractivity (Wildman–Crippen MR) is 79.1 cm³/mol. The minimum atomic E-state index is -0.233. The van der Waals surface area contributed by atoms with Crippen molar-refractivity contribution < 1.29 is 9.53 Å². The Bertz CT molecular complexity index is 623. The van der Waals surface area contributed by atoms with Crippen LogP contribution in [0.2, 0.25) is 0 Å². The number of hydrogen-bond donors (Lipinski definition) is 2. The smallest absolute Gasteiger partial charge is 0.258 e. The molecule has 0 aliphatic carbocycles. The summed E-state index contributed by atoms with van der Waals surface area (Å²) in [5.41, 5.74) is 3.23. The lowest BCUT2D eigenvalue weighted by atomic mass is 10.1. The number of H-pyrrole nitrogens is 1. The number of aryl methyl sites for hydroxylation is 2.